The van der Waals surface area contributed by atoms with Gasteiger partial charge in [-0.15, -0.1) is 0 Å². The molecule has 2 rings (SSSR count). The Kier molecular flexibility index (Phi) is 7.15. The largest absolute Gasteiger partial charge is 0.444 e. The molecule has 0 radical (unpaired) electrons. The van der Waals surface area contributed by atoms with Gasteiger partial charge in [0, 0.05) is 31.9 Å². The molecule has 29 heavy (non-hydrogen) atoms. The molecule has 0 saturated carbocycles. The Morgan fingerprint density at radius 2 is 2.07 bits per heavy atom. The van der Waals surface area contributed by atoms with Gasteiger partial charge >= 0.3 is 6.09 Å². The van der Waals surface area contributed by atoms with Crippen LogP contribution in [0.4, 0.5) is 4.79 Å². The van der Waals surface area contributed by atoms with Crippen LogP contribution < -0.4 is 10.6 Å². The first-order chi connectivity index (χ1) is 13.4. The van der Waals surface area contributed by atoms with Gasteiger partial charge in [0.25, 0.3) is 0 Å². The van der Waals surface area contributed by atoms with E-state index >= 15 is 0 Å². The summed E-state index contributed by atoms with van der Waals surface area (Å²) in [6.45, 7) is 15.1. The number of aryl methyl sites for hydroxylation is 1. The maximum absolute atomic E-state index is 12.9. The predicted molar refractivity (Wildman–Crippen MR) is 113 cm³/mol. The molecule has 1 aliphatic heterocycles. The number of aromatic nitrogens is 2. The third kappa shape index (κ3) is 6.35. The second kappa shape index (κ2) is 9.02. The number of carbonyl (C=O) groups is 1. The Balaban J connectivity index is 2.09. The van der Waals surface area contributed by atoms with E-state index in [9.17, 15) is 4.79 Å². The molecule has 9 heteroatoms. The fraction of sp³-hybridized carbons (Fsp3) is 0.750. The monoisotopic (exact) mass is 408 g/mol. The van der Waals surface area contributed by atoms with E-state index in [2.05, 4.69) is 20.7 Å². The Bertz CT molecular complexity index is 722. The van der Waals surface area contributed by atoms with E-state index in [-0.39, 0.29) is 18.2 Å². The van der Waals surface area contributed by atoms with E-state index in [0.29, 0.717) is 19.0 Å². The van der Waals surface area contributed by atoms with Crippen LogP contribution in [-0.2, 0) is 23.1 Å². The molecule has 1 aromatic heterocycles. The second-order valence-corrected chi connectivity index (χ2v) is 8.79. The number of amides is 1. The van der Waals surface area contributed by atoms with Crippen molar-refractivity contribution in [1.82, 2.24) is 25.3 Å². The van der Waals surface area contributed by atoms with E-state index in [1.165, 1.54) is 0 Å². The van der Waals surface area contributed by atoms with Crippen molar-refractivity contribution >= 4 is 12.1 Å². The number of guanidine groups is 1. The van der Waals surface area contributed by atoms with Crippen molar-refractivity contribution in [3.05, 3.63) is 18.0 Å². The van der Waals surface area contributed by atoms with Crippen molar-refractivity contribution < 1.29 is 14.3 Å². The Hall–Kier alpha value is -2.29. The highest BCUT2D eigenvalue weighted by atomic mass is 16.6. The van der Waals surface area contributed by atoms with Crippen LogP contribution in [0, 0.1) is 0 Å². The minimum Gasteiger partial charge on any atom is -0.444 e. The summed E-state index contributed by atoms with van der Waals surface area (Å²) in [5.41, 5.74) is -0.296. The van der Waals surface area contributed by atoms with Crippen molar-refractivity contribution in [1.29, 1.82) is 0 Å². The van der Waals surface area contributed by atoms with Gasteiger partial charge in [0.1, 0.15) is 11.3 Å². The summed E-state index contributed by atoms with van der Waals surface area (Å²) in [7, 11) is 1.88. The Morgan fingerprint density at radius 3 is 2.62 bits per heavy atom. The maximum Gasteiger partial charge on any atom is 0.412 e. The summed E-state index contributed by atoms with van der Waals surface area (Å²) < 4.78 is 13.4. The van der Waals surface area contributed by atoms with Gasteiger partial charge in [0.05, 0.1) is 24.9 Å². The third-order valence-electron chi connectivity index (χ3n) is 4.52. The molecule has 1 amide bonds. The molecule has 0 bridgehead atoms. The Labute approximate surface area is 173 Å². The molecule has 0 aliphatic carbocycles. The van der Waals surface area contributed by atoms with Gasteiger partial charge in [-0.2, -0.15) is 5.10 Å². The second-order valence-electron chi connectivity index (χ2n) is 8.79. The van der Waals surface area contributed by atoms with Crippen LogP contribution in [-0.4, -0.2) is 63.3 Å². The molecule has 0 aromatic carbocycles. The summed E-state index contributed by atoms with van der Waals surface area (Å²) in [5.74, 6) is 0.678. The molecule has 1 fully saturated rings. The lowest BCUT2D eigenvalue weighted by atomic mass is 10.1. The number of hydrogen-bond donors (Lipinski definition) is 2. The highest BCUT2D eigenvalue weighted by Crippen LogP contribution is 2.33. The van der Waals surface area contributed by atoms with Crippen LogP contribution in [0.3, 0.4) is 0 Å². The molecule has 0 spiro atoms. The molecule has 2 atom stereocenters. The fourth-order valence-corrected chi connectivity index (χ4v) is 3.39. The van der Waals surface area contributed by atoms with Gasteiger partial charge in [-0.05, 0) is 48.5 Å². The van der Waals surface area contributed by atoms with Gasteiger partial charge in [-0.25, -0.2) is 9.79 Å². The van der Waals surface area contributed by atoms with E-state index < -0.39 is 11.3 Å². The van der Waals surface area contributed by atoms with Gasteiger partial charge in [0.15, 0.2) is 5.96 Å². The Morgan fingerprint density at radius 1 is 1.38 bits per heavy atom. The van der Waals surface area contributed by atoms with Crippen molar-refractivity contribution in [2.24, 2.45) is 12.0 Å². The van der Waals surface area contributed by atoms with Crippen molar-refractivity contribution in [3.63, 3.8) is 0 Å². The van der Waals surface area contributed by atoms with Crippen LogP contribution in [0.15, 0.2) is 17.4 Å². The maximum atomic E-state index is 12.9. The first-order valence-corrected chi connectivity index (χ1v) is 10.1. The molecular formula is C20H36N6O3. The molecule has 2 heterocycles. The minimum absolute atomic E-state index is 0.147. The standard InChI is InChI=1S/C20H36N6O3/c1-9-21-17(22-10-15-11-24-25(8)13-15)23-12-16-14(2)28-20(6,7)26(16)18(27)29-19(3,4)5/h11,13-14,16H,9-10,12H2,1-8H3,(H2,21,22,23). The molecule has 1 aromatic rings. The lowest BCUT2D eigenvalue weighted by Crippen LogP contribution is -2.54. The quantitative estimate of drug-likeness (QED) is 0.573. The average Bonchev–Trinajstić information content (AvgIpc) is 3.08. The summed E-state index contributed by atoms with van der Waals surface area (Å²) >= 11 is 0. The first-order valence-electron chi connectivity index (χ1n) is 10.1. The minimum atomic E-state index is -0.751. The molecule has 1 aliphatic rings. The summed E-state index contributed by atoms with van der Waals surface area (Å²) in [6, 6.07) is -0.193. The first kappa shape index (κ1) is 23.0. The number of aliphatic imine (C=N–C) groups is 1. The van der Waals surface area contributed by atoms with Crippen LogP contribution in [0.2, 0.25) is 0 Å². The molecule has 2 N–H and O–H groups in total. The van der Waals surface area contributed by atoms with Gasteiger partial charge in [-0.3, -0.25) is 9.58 Å². The third-order valence-corrected chi connectivity index (χ3v) is 4.52. The normalized spacial score (nSPS) is 21.9. The van der Waals surface area contributed by atoms with E-state index in [4.69, 9.17) is 9.47 Å². The SMILES string of the molecule is CCNC(=NCc1cnn(C)c1)NCC1C(C)OC(C)(C)N1C(=O)OC(C)(C)C. The summed E-state index contributed by atoms with van der Waals surface area (Å²) in [6.07, 6.45) is 3.21. The van der Waals surface area contributed by atoms with Crippen LogP contribution >= 0.6 is 0 Å². The van der Waals surface area contributed by atoms with E-state index in [1.54, 1.807) is 15.8 Å². The molecule has 1 saturated heterocycles. The molecule has 9 nitrogen and oxygen atoms in total. The van der Waals surface area contributed by atoms with Gasteiger partial charge in [0.2, 0.25) is 0 Å². The van der Waals surface area contributed by atoms with Crippen molar-refractivity contribution in [3.8, 4) is 0 Å². The highest BCUT2D eigenvalue weighted by Gasteiger charge is 2.49. The number of ether oxygens (including phenoxy) is 2. The summed E-state index contributed by atoms with van der Waals surface area (Å²) in [4.78, 5) is 19.2. The summed E-state index contributed by atoms with van der Waals surface area (Å²) in [5, 5.41) is 10.7. The topological polar surface area (TPSA) is 93.0 Å². The lowest BCUT2D eigenvalue weighted by Gasteiger charge is -2.35. The molecule has 164 valence electrons. The van der Waals surface area contributed by atoms with E-state index in [0.717, 1.165) is 12.1 Å². The van der Waals surface area contributed by atoms with Crippen molar-refractivity contribution in [2.45, 2.75) is 78.5 Å². The van der Waals surface area contributed by atoms with Crippen LogP contribution in [0.25, 0.3) is 0 Å². The number of nitrogens with one attached hydrogen (secondary N) is 2. The van der Waals surface area contributed by atoms with Gasteiger partial charge in [-0.1, -0.05) is 0 Å². The average molecular weight is 409 g/mol. The number of nitrogens with zero attached hydrogens (tertiary/aromatic N) is 4. The highest BCUT2D eigenvalue weighted by molar-refractivity contribution is 5.80. The zero-order valence-electron chi connectivity index (χ0n) is 18.9. The molecular weight excluding hydrogens is 372 g/mol. The lowest BCUT2D eigenvalue weighted by molar-refractivity contribution is -0.0755. The molecule has 2 unspecified atom stereocenters. The van der Waals surface area contributed by atoms with E-state index in [1.807, 2.05) is 61.7 Å². The number of carbonyl (C=O) groups excluding carboxylic acids is 1. The smallest absolute Gasteiger partial charge is 0.412 e. The van der Waals surface area contributed by atoms with Crippen LogP contribution in [0.5, 0.6) is 0 Å². The van der Waals surface area contributed by atoms with Crippen molar-refractivity contribution in [2.75, 3.05) is 13.1 Å². The van der Waals surface area contributed by atoms with Gasteiger partial charge < -0.3 is 20.1 Å². The van der Waals surface area contributed by atoms with Crippen LogP contribution in [0.1, 0.15) is 54.0 Å². The predicted octanol–water partition coefficient (Wildman–Crippen LogP) is 2.24. The number of rotatable bonds is 5. The zero-order valence-corrected chi connectivity index (χ0v) is 18.9. The fourth-order valence-electron chi connectivity index (χ4n) is 3.39. The zero-order chi connectivity index (χ0) is 21.8. The number of hydrogen-bond acceptors (Lipinski definition) is 5.